The van der Waals surface area contributed by atoms with Crippen molar-refractivity contribution >= 4 is 10.8 Å². The fourth-order valence-electron chi connectivity index (χ4n) is 3.66. The Kier molecular flexibility index (Phi) is 4.07. The van der Waals surface area contributed by atoms with E-state index in [1.165, 1.54) is 54.9 Å². The van der Waals surface area contributed by atoms with Gasteiger partial charge < -0.3 is 5.32 Å². The molecule has 1 aliphatic heterocycles. The Morgan fingerprint density at radius 1 is 1.00 bits per heavy atom. The third kappa shape index (κ3) is 2.60. The lowest BCUT2D eigenvalue weighted by atomic mass is 9.81. The number of hydrogen-bond donors (Lipinski definition) is 1. The molecule has 2 aromatic rings. The number of benzene rings is 2. The summed E-state index contributed by atoms with van der Waals surface area (Å²) in [6, 6.07) is 15.7. The van der Waals surface area contributed by atoms with Crippen LogP contribution in [0.2, 0.25) is 0 Å². The van der Waals surface area contributed by atoms with Gasteiger partial charge in [0.05, 0.1) is 0 Å². The van der Waals surface area contributed by atoms with Gasteiger partial charge in [-0.2, -0.15) is 0 Å². The van der Waals surface area contributed by atoms with E-state index in [2.05, 4.69) is 54.7 Å². The molecule has 0 spiro atoms. The highest BCUT2D eigenvalue weighted by Gasteiger charge is 2.31. The van der Waals surface area contributed by atoms with E-state index in [1.807, 2.05) is 0 Å². The molecular weight excluding hydrogens is 242 g/mol. The first-order valence-electron chi connectivity index (χ1n) is 8.08. The zero-order valence-corrected chi connectivity index (χ0v) is 12.5. The standard InChI is InChI=1S/C19H25N/c1-2-12-19(13-6-3-7-14-20-19)18-11-10-16-8-4-5-9-17(16)15-18/h4-5,8-11,15,20H,2-3,6-7,12-14H2,1H3. The summed E-state index contributed by atoms with van der Waals surface area (Å²) in [6.07, 6.45) is 7.79. The van der Waals surface area contributed by atoms with Crippen molar-refractivity contribution in [1.82, 2.24) is 5.32 Å². The van der Waals surface area contributed by atoms with Crippen LogP contribution < -0.4 is 5.32 Å². The van der Waals surface area contributed by atoms with E-state index in [4.69, 9.17) is 0 Å². The number of fused-ring (bicyclic) bond motifs is 1. The fraction of sp³-hybridized carbons (Fsp3) is 0.474. The lowest BCUT2D eigenvalue weighted by molar-refractivity contribution is 0.297. The molecule has 0 amide bonds. The maximum absolute atomic E-state index is 3.88. The minimum atomic E-state index is 0.204. The Morgan fingerprint density at radius 2 is 1.85 bits per heavy atom. The fourth-order valence-corrected chi connectivity index (χ4v) is 3.66. The third-order valence-corrected chi connectivity index (χ3v) is 4.72. The summed E-state index contributed by atoms with van der Waals surface area (Å²) in [4.78, 5) is 0. The van der Waals surface area contributed by atoms with Gasteiger partial charge in [-0.25, -0.2) is 0 Å². The number of hydrogen-bond acceptors (Lipinski definition) is 1. The monoisotopic (exact) mass is 267 g/mol. The van der Waals surface area contributed by atoms with E-state index in [0.717, 1.165) is 6.54 Å². The van der Waals surface area contributed by atoms with Crippen molar-refractivity contribution in [3.63, 3.8) is 0 Å². The molecule has 1 nitrogen and oxygen atoms in total. The van der Waals surface area contributed by atoms with E-state index in [1.54, 1.807) is 0 Å². The first-order chi connectivity index (χ1) is 9.84. The minimum Gasteiger partial charge on any atom is -0.307 e. The van der Waals surface area contributed by atoms with Gasteiger partial charge in [0, 0.05) is 5.54 Å². The van der Waals surface area contributed by atoms with Gasteiger partial charge in [0.25, 0.3) is 0 Å². The van der Waals surface area contributed by atoms with E-state index in [0.29, 0.717) is 0 Å². The largest absolute Gasteiger partial charge is 0.307 e. The number of rotatable bonds is 3. The first-order valence-corrected chi connectivity index (χ1v) is 8.08. The average molecular weight is 267 g/mol. The van der Waals surface area contributed by atoms with Gasteiger partial charge >= 0.3 is 0 Å². The van der Waals surface area contributed by atoms with Gasteiger partial charge in [0.1, 0.15) is 0 Å². The van der Waals surface area contributed by atoms with Crippen molar-refractivity contribution in [2.75, 3.05) is 6.54 Å². The molecule has 1 aliphatic rings. The molecule has 1 unspecified atom stereocenters. The maximum Gasteiger partial charge on any atom is 0.0434 e. The van der Waals surface area contributed by atoms with E-state index in [9.17, 15) is 0 Å². The molecule has 1 N–H and O–H groups in total. The van der Waals surface area contributed by atoms with Crippen LogP contribution in [0.25, 0.3) is 10.8 Å². The van der Waals surface area contributed by atoms with Crippen LogP contribution in [0.1, 0.15) is 51.0 Å². The lowest BCUT2D eigenvalue weighted by Gasteiger charge is -2.34. The summed E-state index contributed by atoms with van der Waals surface area (Å²) >= 11 is 0. The Morgan fingerprint density at radius 3 is 2.70 bits per heavy atom. The topological polar surface area (TPSA) is 12.0 Å². The molecule has 0 aliphatic carbocycles. The second-order valence-electron chi connectivity index (χ2n) is 6.13. The Bertz CT molecular complexity index is 565. The summed E-state index contributed by atoms with van der Waals surface area (Å²) in [5.74, 6) is 0. The second-order valence-corrected chi connectivity index (χ2v) is 6.13. The average Bonchev–Trinajstić information content (AvgIpc) is 2.74. The van der Waals surface area contributed by atoms with Gasteiger partial charge in [0.15, 0.2) is 0 Å². The molecule has 1 fully saturated rings. The molecule has 3 rings (SSSR count). The first kappa shape index (κ1) is 13.6. The van der Waals surface area contributed by atoms with Crippen LogP contribution in [0.15, 0.2) is 42.5 Å². The van der Waals surface area contributed by atoms with Gasteiger partial charge in [-0.15, -0.1) is 0 Å². The summed E-state index contributed by atoms with van der Waals surface area (Å²) in [7, 11) is 0. The minimum absolute atomic E-state index is 0.204. The van der Waals surface area contributed by atoms with Crippen LogP contribution in [0.3, 0.4) is 0 Å². The van der Waals surface area contributed by atoms with Gasteiger partial charge in [-0.1, -0.05) is 62.6 Å². The van der Waals surface area contributed by atoms with Gasteiger partial charge in [-0.05, 0) is 48.2 Å². The summed E-state index contributed by atoms with van der Waals surface area (Å²) in [5, 5.41) is 6.59. The molecule has 1 saturated heterocycles. The summed E-state index contributed by atoms with van der Waals surface area (Å²) < 4.78 is 0. The van der Waals surface area contributed by atoms with Crippen molar-refractivity contribution in [1.29, 1.82) is 0 Å². The van der Waals surface area contributed by atoms with Crippen molar-refractivity contribution in [3.8, 4) is 0 Å². The molecule has 1 atom stereocenters. The van der Waals surface area contributed by atoms with Crippen molar-refractivity contribution in [3.05, 3.63) is 48.0 Å². The zero-order chi connectivity index (χ0) is 13.8. The van der Waals surface area contributed by atoms with E-state index < -0.39 is 0 Å². The molecule has 0 aromatic heterocycles. The zero-order valence-electron chi connectivity index (χ0n) is 12.5. The predicted octanol–water partition coefficient (Wildman–Crippen LogP) is 5.00. The predicted molar refractivity (Wildman–Crippen MR) is 87.0 cm³/mol. The SMILES string of the molecule is CCCC1(c2ccc3ccccc3c2)CCCCCN1. The molecule has 0 saturated carbocycles. The van der Waals surface area contributed by atoms with E-state index in [-0.39, 0.29) is 5.54 Å². The molecule has 2 aromatic carbocycles. The van der Waals surface area contributed by atoms with Crippen LogP contribution >= 0.6 is 0 Å². The molecular formula is C19H25N. The number of nitrogens with one attached hydrogen (secondary N) is 1. The Balaban J connectivity index is 2.03. The molecule has 20 heavy (non-hydrogen) atoms. The second kappa shape index (κ2) is 5.97. The smallest absolute Gasteiger partial charge is 0.0434 e. The van der Waals surface area contributed by atoms with Crippen LogP contribution in [-0.2, 0) is 5.54 Å². The van der Waals surface area contributed by atoms with Crippen molar-refractivity contribution in [2.24, 2.45) is 0 Å². The molecule has 1 heterocycles. The maximum atomic E-state index is 3.88. The Labute approximate surface area is 122 Å². The molecule has 1 heteroatoms. The molecule has 0 radical (unpaired) electrons. The quantitative estimate of drug-likeness (QED) is 0.825. The highest BCUT2D eigenvalue weighted by Crippen LogP contribution is 2.35. The van der Waals surface area contributed by atoms with Crippen LogP contribution in [0.5, 0.6) is 0 Å². The van der Waals surface area contributed by atoms with Crippen LogP contribution in [0.4, 0.5) is 0 Å². The van der Waals surface area contributed by atoms with Crippen LogP contribution in [0, 0.1) is 0 Å². The highest BCUT2D eigenvalue weighted by molar-refractivity contribution is 5.83. The Hall–Kier alpha value is -1.34. The third-order valence-electron chi connectivity index (χ3n) is 4.72. The van der Waals surface area contributed by atoms with Crippen LogP contribution in [-0.4, -0.2) is 6.54 Å². The molecule has 0 bridgehead atoms. The summed E-state index contributed by atoms with van der Waals surface area (Å²) in [5.41, 5.74) is 1.69. The van der Waals surface area contributed by atoms with Crippen molar-refractivity contribution < 1.29 is 0 Å². The lowest BCUT2D eigenvalue weighted by Crippen LogP contribution is -2.41. The molecule has 106 valence electrons. The summed E-state index contributed by atoms with van der Waals surface area (Å²) in [6.45, 7) is 3.46. The highest BCUT2D eigenvalue weighted by atomic mass is 15.0. The van der Waals surface area contributed by atoms with Gasteiger partial charge in [0.2, 0.25) is 0 Å². The normalized spacial score (nSPS) is 23.6. The van der Waals surface area contributed by atoms with Gasteiger partial charge in [-0.3, -0.25) is 0 Å². The van der Waals surface area contributed by atoms with Crippen molar-refractivity contribution in [2.45, 2.75) is 51.0 Å². The van der Waals surface area contributed by atoms with E-state index >= 15 is 0 Å².